The van der Waals surface area contributed by atoms with E-state index in [-0.39, 0.29) is 17.9 Å². The van der Waals surface area contributed by atoms with Crippen LogP contribution in [0.2, 0.25) is 0 Å². The van der Waals surface area contributed by atoms with Gasteiger partial charge in [-0.1, -0.05) is 12.1 Å². The number of carboxylic acid groups (broad SMARTS) is 1. The van der Waals surface area contributed by atoms with Crippen LogP contribution in [-0.4, -0.2) is 23.4 Å². The summed E-state index contributed by atoms with van der Waals surface area (Å²) in [6, 6.07) is 9.54. The third-order valence-corrected chi connectivity index (χ3v) is 3.21. The maximum absolute atomic E-state index is 13.2. The number of carboxylic acids is 1. The number of halogens is 2. The molecule has 2 aromatic rings. The maximum atomic E-state index is 13.2. The Morgan fingerprint density at radius 3 is 2.50 bits per heavy atom. The molecular formula is C18H15F2NO3. The molecule has 1 N–H and O–H groups in total. The molecule has 0 amide bonds. The first-order valence-electron chi connectivity index (χ1n) is 7.09. The number of benzene rings is 2. The highest BCUT2D eigenvalue weighted by Gasteiger charge is 2.10. The zero-order valence-electron chi connectivity index (χ0n) is 12.9. The van der Waals surface area contributed by atoms with E-state index in [1.165, 1.54) is 42.3 Å². The van der Waals surface area contributed by atoms with Gasteiger partial charge in [0.15, 0.2) is 11.6 Å². The fraction of sp³-hybridized carbons (Fsp3) is 0.111. The summed E-state index contributed by atoms with van der Waals surface area (Å²) in [6.45, 7) is 1.42. The van der Waals surface area contributed by atoms with E-state index in [2.05, 4.69) is 0 Å². The van der Waals surface area contributed by atoms with Crippen LogP contribution in [0, 0.1) is 11.6 Å². The molecule has 0 radical (unpaired) electrons. The number of rotatable bonds is 6. The van der Waals surface area contributed by atoms with Crippen LogP contribution in [0.1, 0.15) is 22.8 Å². The third-order valence-electron chi connectivity index (χ3n) is 3.21. The average Bonchev–Trinajstić information content (AvgIpc) is 2.54. The van der Waals surface area contributed by atoms with Gasteiger partial charge in [-0.15, -0.1) is 0 Å². The number of nitrogens with zero attached hydrogens (tertiary/aromatic N) is 1. The van der Waals surface area contributed by atoms with Crippen molar-refractivity contribution >= 4 is 23.5 Å². The van der Waals surface area contributed by atoms with Gasteiger partial charge in [0.2, 0.25) is 0 Å². The maximum Gasteiger partial charge on any atom is 0.335 e. The minimum atomic E-state index is -1.08. The number of anilines is 1. The second-order valence-electron chi connectivity index (χ2n) is 5.17. The topological polar surface area (TPSA) is 57.6 Å². The minimum absolute atomic E-state index is 0.0171. The molecule has 0 saturated heterocycles. The fourth-order valence-electron chi connectivity index (χ4n) is 2.08. The largest absolute Gasteiger partial charge is 0.478 e. The molecule has 2 aromatic carbocycles. The van der Waals surface area contributed by atoms with Crippen molar-refractivity contribution in [2.45, 2.75) is 6.92 Å². The molecule has 2 rings (SSSR count). The van der Waals surface area contributed by atoms with E-state index in [9.17, 15) is 18.4 Å². The summed E-state index contributed by atoms with van der Waals surface area (Å²) in [4.78, 5) is 24.1. The van der Waals surface area contributed by atoms with Crippen molar-refractivity contribution in [1.82, 2.24) is 0 Å². The SMILES string of the molecule is CC(=O)CN(C=Cc1ccc(F)c(F)c1)c1cccc(C(=O)O)c1. The number of hydrogen-bond acceptors (Lipinski definition) is 3. The number of Topliss-reactive ketones (excluding diaryl/α,β-unsaturated/α-hetero) is 1. The second-order valence-corrected chi connectivity index (χ2v) is 5.17. The van der Waals surface area contributed by atoms with Crippen molar-refractivity contribution in [3.05, 3.63) is 71.4 Å². The van der Waals surface area contributed by atoms with E-state index in [1.807, 2.05) is 0 Å². The first-order chi connectivity index (χ1) is 11.4. The molecule has 0 unspecified atom stereocenters. The highest BCUT2D eigenvalue weighted by molar-refractivity contribution is 5.89. The average molecular weight is 331 g/mol. The van der Waals surface area contributed by atoms with Crippen LogP contribution < -0.4 is 4.90 Å². The number of hydrogen-bond donors (Lipinski definition) is 1. The van der Waals surface area contributed by atoms with Gasteiger partial charge >= 0.3 is 5.97 Å². The molecule has 0 spiro atoms. The number of ketones is 1. The summed E-state index contributed by atoms with van der Waals surface area (Å²) >= 11 is 0. The van der Waals surface area contributed by atoms with Gasteiger partial charge in [-0.3, -0.25) is 4.79 Å². The lowest BCUT2D eigenvalue weighted by molar-refractivity contribution is -0.115. The van der Waals surface area contributed by atoms with Crippen molar-refractivity contribution < 1.29 is 23.5 Å². The predicted octanol–water partition coefficient (Wildman–Crippen LogP) is 3.73. The van der Waals surface area contributed by atoms with Gasteiger partial charge in [0.25, 0.3) is 0 Å². The van der Waals surface area contributed by atoms with Crippen LogP contribution in [0.25, 0.3) is 6.08 Å². The van der Waals surface area contributed by atoms with Gasteiger partial charge in [-0.2, -0.15) is 0 Å². The first kappa shape index (κ1) is 17.3. The summed E-state index contributed by atoms with van der Waals surface area (Å²) in [6.07, 6.45) is 3.04. The Kier molecular flexibility index (Phi) is 5.42. The summed E-state index contributed by atoms with van der Waals surface area (Å²) in [5, 5.41) is 9.06. The highest BCUT2D eigenvalue weighted by Crippen LogP contribution is 2.18. The van der Waals surface area contributed by atoms with Gasteiger partial charge in [-0.25, -0.2) is 13.6 Å². The van der Waals surface area contributed by atoms with E-state index in [4.69, 9.17) is 5.11 Å². The third kappa shape index (κ3) is 4.49. The molecular weight excluding hydrogens is 316 g/mol. The second kappa shape index (κ2) is 7.50. The summed E-state index contributed by atoms with van der Waals surface area (Å²) in [5.41, 5.74) is 1.00. The Labute approximate surface area is 137 Å². The monoisotopic (exact) mass is 331 g/mol. The summed E-state index contributed by atoms with van der Waals surface area (Å²) in [7, 11) is 0. The Morgan fingerprint density at radius 1 is 1.12 bits per heavy atom. The molecule has 24 heavy (non-hydrogen) atoms. The van der Waals surface area contributed by atoms with Gasteiger partial charge < -0.3 is 10.0 Å². The van der Waals surface area contributed by atoms with Crippen LogP contribution >= 0.6 is 0 Å². The van der Waals surface area contributed by atoms with Crippen LogP contribution in [0.15, 0.2) is 48.7 Å². The molecule has 0 atom stereocenters. The van der Waals surface area contributed by atoms with Crippen molar-refractivity contribution in [3.63, 3.8) is 0 Å². The molecule has 0 aliphatic heterocycles. The van der Waals surface area contributed by atoms with E-state index in [0.717, 1.165) is 12.1 Å². The van der Waals surface area contributed by atoms with Crippen molar-refractivity contribution in [2.75, 3.05) is 11.4 Å². The van der Waals surface area contributed by atoms with Gasteiger partial charge in [0.05, 0.1) is 12.1 Å². The zero-order chi connectivity index (χ0) is 17.7. The van der Waals surface area contributed by atoms with Crippen molar-refractivity contribution in [3.8, 4) is 0 Å². The summed E-state index contributed by atoms with van der Waals surface area (Å²) in [5.74, 6) is -3.13. The molecule has 124 valence electrons. The lowest BCUT2D eigenvalue weighted by atomic mass is 10.1. The van der Waals surface area contributed by atoms with Crippen molar-refractivity contribution in [1.29, 1.82) is 0 Å². The number of aromatic carboxylic acids is 1. The smallest absolute Gasteiger partial charge is 0.335 e. The Morgan fingerprint density at radius 2 is 1.88 bits per heavy atom. The zero-order valence-corrected chi connectivity index (χ0v) is 12.9. The molecule has 0 aliphatic rings. The van der Waals surface area contributed by atoms with E-state index in [0.29, 0.717) is 11.3 Å². The van der Waals surface area contributed by atoms with Crippen LogP contribution in [0.3, 0.4) is 0 Å². The Bertz CT molecular complexity index is 803. The predicted molar refractivity (Wildman–Crippen MR) is 86.8 cm³/mol. The Hall–Kier alpha value is -3.02. The number of carbonyl (C=O) groups is 2. The van der Waals surface area contributed by atoms with Gasteiger partial charge in [0, 0.05) is 11.9 Å². The molecule has 4 nitrogen and oxygen atoms in total. The normalized spacial score (nSPS) is 10.8. The highest BCUT2D eigenvalue weighted by atomic mass is 19.2. The van der Waals surface area contributed by atoms with Crippen LogP contribution in [-0.2, 0) is 4.79 Å². The molecule has 0 aromatic heterocycles. The molecule has 0 fully saturated rings. The molecule has 6 heteroatoms. The lowest BCUT2D eigenvalue weighted by Crippen LogP contribution is -2.23. The van der Waals surface area contributed by atoms with E-state index in [1.54, 1.807) is 12.1 Å². The van der Waals surface area contributed by atoms with Crippen LogP contribution in [0.5, 0.6) is 0 Å². The van der Waals surface area contributed by atoms with Crippen molar-refractivity contribution in [2.24, 2.45) is 0 Å². The van der Waals surface area contributed by atoms with E-state index < -0.39 is 17.6 Å². The molecule has 0 saturated carbocycles. The molecule has 0 bridgehead atoms. The van der Waals surface area contributed by atoms with Crippen LogP contribution in [0.4, 0.5) is 14.5 Å². The van der Waals surface area contributed by atoms with Gasteiger partial charge in [-0.05, 0) is 48.9 Å². The van der Waals surface area contributed by atoms with E-state index >= 15 is 0 Å². The first-order valence-corrected chi connectivity index (χ1v) is 7.09. The number of carbonyl (C=O) groups excluding carboxylic acids is 1. The standard InChI is InChI=1S/C18H15F2NO3/c1-12(22)11-21(15-4-2-3-14(10-15)18(23)24)8-7-13-5-6-16(19)17(20)9-13/h2-10H,11H2,1H3,(H,23,24). The molecule has 0 aliphatic carbocycles. The van der Waals surface area contributed by atoms with Gasteiger partial charge in [0.1, 0.15) is 5.78 Å². The quantitative estimate of drug-likeness (QED) is 0.876. The molecule has 0 heterocycles. The summed E-state index contributed by atoms with van der Waals surface area (Å²) < 4.78 is 26.2. The lowest BCUT2D eigenvalue weighted by Gasteiger charge is -2.19. The fourth-order valence-corrected chi connectivity index (χ4v) is 2.08. The minimum Gasteiger partial charge on any atom is -0.478 e. The Balaban J connectivity index is 2.32.